The minimum absolute atomic E-state index is 0.111. The van der Waals surface area contributed by atoms with Crippen LogP contribution >= 0.6 is 11.8 Å². The van der Waals surface area contributed by atoms with E-state index < -0.39 is 0 Å². The lowest BCUT2D eigenvalue weighted by atomic mass is 10.1. The highest BCUT2D eigenvalue weighted by atomic mass is 32.2. The molecule has 23 heavy (non-hydrogen) atoms. The van der Waals surface area contributed by atoms with E-state index in [0.717, 1.165) is 23.2 Å². The molecule has 0 aliphatic heterocycles. The fraction of sp³-hybridized carbons (Fsp3) is 0.438. The van der Waals surface area contributed by atoms with Gasteiger partial charge in [-0.3, -0.25) is 9.36 Å². The number of hydrogen-bond donors (Lipinski definition) is 2. The first-order valence-electron chi connectivity index (χ1n) is 7.62. The number of hydrogen-bond acceptors (Lipinski definition) is 4. The molecular weight excluding hydrogens is 312 g/mol. The standard InChI is InChI=1S/C16H22N4O2S/c1-5-8-20-15(22)18-19-16(20)23-12(4)14(21)17-13-7-6-10(2)9-11(13)3/h6-7,9,12H,5,8H2,1-4H3,(H,17,21)(H,18,22)/t12-/m1/s1. The zero-order chi connectivity index (χ0) is 17.0. The Kier molecular flexibility index (Phi) is 5.65. The molecule has 2 rings (SSSR count). The van der Waals surface area contributed by atoms with Crippen molar-refractivity contribution in [1.29, 1.82) is 0 Å². The number of nitrogens with one attached hydrogen (secondary N) is 2. The van der Waals surface area contributed by atoms with Crippen LogP contribution in [0, 0.1) is 13.8 Å². The molecule has 0 saturated heterocycles. The molecule has 0 fully saturated rings. The van der Waals surface area contributed by atoms with Crippen molar-refractivity contribution in [2.75, 3.05) is 5.32 Å². The number of aromatic amines is 1. The van der Waals surface area contributed by atoms with Gasteiger partial charge >= 0.3 is 5.69 Å². The van der Waals surface area contributed by atoms with E-state index in [4.69, 9.17) is 0 Å². The molecule has 6 nitrogen and oxygen atoms in total. The summed E-state index contributed by atoms with van der Waals surface area (Å²) in [5, 5.41) is 9.55. The summed E-state index contributed by atoms with van der Waals surface area (Å²) in [4.78, 5) is 24.1. The van der Waals surface area contributed by atoms with Gasteiger partial charge < -0.3 is 5.32 Å². The molecule has 7 heteroatoms. The SMILES string of the molecule is CCCn1c(S[C@H](C)C(=O)Nc2ccc(C)cc2C)n[nH]c1=O. The van der Waals surface area contributed by atoms with E-state index in [2.05, 4.69) is 15.5 Å². The van der Waals surface area contributed by atoms with Crippen LogP contribution in [0.25, 0.3) is 0 Å². The van der Waals surface area contributed by atoms with Crippen LogP contribution in [0.3, 0.4) is 0 Å². The molecule has 1 aromatic heterocycles. The van der Waals surface area contributed by atoms with Crippen molar-refractivity contribution in [2.45, 2.75) is 51.1 Å². The first-order valence-corrected chi connectivity index (χ1v) is 8.50. The summed E-state index contributed by atoms with van der Waals surface area (Å²) in [6, 6.07) is 5.90. The van der Waals surface area contributed by atoms with Gasteiger partial charge in [-0.1, -0.05) is 36.4 Å². The summed E-state index contributed by atoms with van der Waals surface area (Å²) in [5.41, 5.74) is 2.75. The maximum Gasteiger partial charge on any atom is 0.343 e. The number of amides is 1. The predicted octanol–water partition coefficient (Wildman–Crippen LogP) is 2.72. The van der Waals surface area contributed by atoms with Crippen LogP contribution in [0.1, 0.15) is 31.4 Å². The van der Waals surface area contributed by atoms with Gasteiger partial charge in [0.05, 0.1) is 5.25 Å². The molecule has 1 atom stereocenters. The molecule has 2 N–H and O–H groups in total. The smallest absolute Gasteiger partial charge is 0.325 e. The molecule has 0 saturated carbocycles. The number of carbonyl (C=O) groups excluding carboxylic acids is 1. The minimum atomic E-state index is -0.360. The lowest BCUT2D eigenvalue weighted by Gasteiger charge is -2.13. The fourth-order valence-electron chi connectivity index (χ4n) is 2.21. The minimum Gasteiger partial charge on any atom is -0.325 e. The molecule has 0 radical (unpaired) electrons. The molecule has 124 valence electrons. The number of aromatic nitrogens is 3. The molecule has 1 heterocycles. The van der Waals surface area contributed by atoms with Gasteiger partial charge in [0.25, 0.3) is 0 Å². The molecule has 1 aromatic carbocycles. The Labute approximate surface area is 139 Å². The monoisotopic (exact) mass is 334 g/mol. The number of anilines is 1. The predicted molar refractivity (Wildman–Crippen MR) is 93.0 cm³/mol. The maximum absolute atomic E-state index is 12.4. The van der Waals surface area contributed by atoms with E-state index in [9.17, 15) is 9.59 Å². The van der Waals surface area contributed by atoms with Gasteiger partial charge in [0.1, 0.15) is 0 Å². The number of benzene rings is 1. The van der Waals surface area contributed by atoms with Crippen molar-refractivity contribution in [3.63, 3.8) is 0 Å². The highest BCUT2D eigenvalue weighted by molar-refractivity contribution is 8.00. The summed E-state index contributed by atoms with van der Waals surface area (Å²) in [5.74, 6) is -0.111. The van der Waals surface area contributed by atoms with Crippen LogP contribution in [0.15, 0.2) is 28.2 Å². The Morgan fingerprint density at radius 2 is 2.17 bits per heavy atom. The quantitative estimate of drug-likeness (QED) is 0.796. The average Bonchev–Trinajstić information content (AvgIpc) is 2.83. The van der Waals surface area contributed by atoms with Crippen LogP contribution in [0.2, 0.25) is 0 Å². The second-order valence-electron chi connectivity index (χ2n) is 5.53. The van der Waals surface area contributed by atoms with Gasteiger partial charge in [0, 0.05) is 12.2 Å². The van der Waals surface area contributed by atoms with Crippen molar-refractivity contribution in [3.05, 3.63) is 39.8 Å². The second kappa shape index (κ2) is 7.50. The third kappa shape index (κ3) is 4.25. The van der Waals surface area contributed by atoms with Crippen LogP contribution in [-0.4, -0.2) is 25.9 Å². The summed E-state index contributed by atoms with van der Waals surface area (Å²) < 4.78 is 1.56. The van der Waals surface area contributed by atoms with Crippen LogP contribution in [0.4, 0.5) is 5.69 Å². The summed E-state index contributed by atoms with van der Waals surface area (Å²) >= 11 is 1.28. The summed E-state index contributed by atoms with van der Waals surface area (Å²) in [7, 11) is 0. The molecule has 0 aliphatic rings. The highest BCUT2D eigenvalue weighted by Gasteiger charge is 2.19. The van der Waals surface area contributed by atoms with Crippen LogP contribution in [0.5, 0.6) is 0 Å². The zero-order valence-corrected chi connectivity index (χ0v) is 14.7. The molecular formula is C16H22N4O2S. The molecule has 1 amide bonds. The van der Waals surface area contributed by atoms with Gasteiger partial charge in [-0.05, 0) is 38.8 Å². The number of rotatable bonds is 6. The number of thioether (sulfide) groups is 1. The van der Waals surface area contributed by atoms with Crippen molar-refractivity contribution in [1.82, 2.24) is 14.8 Å². The van der Waals surface area contributed by atoms with Crippen LogP contribution in [-0.2, 0) is 11.3 Å². The zero-order valence-electron chi connectivity index (χ0n) is 13.8. The van der Waals surface area contributed by atoms with Crippen molar-refractivity contribution in [2.24, 2.45) is 0 Å². The van der Waals surface area contributed by atoms with E-state index in [1.807, 2.05) is 39.0 Å². The van der Waals surface area contributed by atoms with E-state index in [-0.39, 0.29) is 16.8 Å². The Bertz CT molecular complexity index is 751. The number of aryl methyl sites for hydroxylation is 2. The van der Waals surface area contributed by atoms with E-state index in [0.29, 0.717) is 11.7 Å². The molecule has 0 aliphatic carbocycles. The lowest BCUT2D eigenvalue weighted by Crippen LogP contribution is -2.24. The third-order valence-electron chi connectivity index (χ3n) is 3.46. The van der Waals surface area contributed by atoms with Gasteiger partial charge in [0.15, 0.2) is 5.16 Å². The molecule has 0 spiro atoms. The van der Waals surface area contributed by atoms with Crippen LogP contribution < -0.4 is 11.0 Å². The number of H-pyrrole nitrogens is 1. The molecule has 0 unspecified atom stereocenters. The summed E-state index contributed by atoms with van der Waals surface area (Å²) in [6.45, 7) is 8.36. The first-order chi connectivity index (χ1) is 10.9. The van der Waals surface area contributed by atoms with Gasteiger partial charge in [-0.25, -0.2) is 9.89 Å². The average molecular weight is 334 g/mol. The Hall–Kier alpha value is -2.02. The molecule has 2 aromatic rings. The van der Waals surface area contributed by atoms with Crippen molar-refractivity contribution >= 4 is 23.4 Å². The Morgan fingerprint density at radius 3 is 2.83 bits per heavy atom. The van der Waals surface area contributed by atoms with Gasteiger partial charge in [-0.2, -0.15) is 0 Å². The van der Waals surface area contributed by atoms with E-state index in [1.54, 1.807) is 11.5 Å². The lowest BCUT2D eigenvalue weighted by molar-refractivity contribution is -0.115. The number of carbonyl (C=O) groups is 1. The highest BCUT2D eigenvalue weighted by Crippen LogP contribution is 2.23. The Balaban J connectivity index is 2.07. The van der Waals surface area contributed by atoms with Gasteiger partial charge in [0.2, 0.25) is 5.91 Å². The third-order valence-corrected chi connectivity index (χ3v) is 4.55. The number of nitrogens with zero attached hydrogens (tertiary/aromatic N) is 2. The normalized spacial score (nSPS) is 12.2. The van der Waals surface area contributed by atoms with Gasteiger partial charge in [-0.15, -0.1) is 5.10 Å². The largest absolute Gasteiger partial charge is 0.343 e. The molecule has 0 bridgehead atoms. The fourth-order valence-corrected chi connectivity index (χ4v) is 3.10. The first kappa shape index (κ1) is 17.3. The second-order valence-corrected chi connectivity index (χ2v) is 6.84. The summed E-state index contributed by atoms with van der Waals surface area (Å²) in [6.07, 6.45) is 0.830. The van der Waals surface area contributed by atoms with Crippen molar-refractivity contribution < 1.29 is 4.79 Å². The Morgan fingerprint density at radius 1 is 1.43 bits per heavy atom. The maximum atomic E-state index is 12.4. The van der Waals surface area contributed by atoms with Crippen molar-refractivity contribution in [3.8, 4) is 0 Å². The van der Waals surface area contributed by atoms with E-state index >= 15 is 0 Å². The van der Waals surface area contributed by atoms with E-state index in [1.165, 1.54) is 11.8 Å². The topological polar surface area (TPSA) is 79.8 Å².